The van der Waals surface area contributed by atoms with Crippen molar-refractivity contribution in [3.8, 4) is 0 Å². The van der Waals surface area contributed by atoms with Crippen LogP contribution in [0.4, 0.5) is 0 Å². The molecule has 19 heavy (non-hydrogen) atoms. The van der Waals surface area contributed by atoms with Gasteiger partial charge in [-0.25, -0.2) is 4.79 Å². The number of nitrogens with zero attached hydrogens (tertiary/aromatic N) is 2. The molecular weight excluding hydrogens is 260 g/mol. The minimum absolute atomic E-state index is 0.430. The largest absolute Gasteiger partial charge is 0.477 e. The molecule has 4 nitrogen and oxygen atoms in total. The Balaban J connectivity index is 2.07. The van der Waals surface area contributed by atoms with E-state index < -0.39 is 5.97 Å². The molecule has 2 heterocycles. The van der Waals surface area contributed by atoms with Crippen LogP contribution in [0.25, 0.3) is 0 Å². The Bertz CT molecular complexity index is 539. The first-order valence-corrected chi connectivity index (χ1v) is 7.00. The van der Waals surface area contributed by atoms with E-state index >= 15 is 0 Å². The van der Waals surface area contributed by atoms with Gasteiger partial charge in [-0.1, -0.05) is 13.0 Å². The van der Waals surface area contributed by atoms with Crippen molar-refractivity contribution in [1.82, 2.24) is 9.88 Å². The lowest BCUT2D eigenvalue weighted by Crippen LogP contribution is -2.23. The predicted molar refractivity (Wildman–Crippen MR) is 75.3 cm³/mol. The van der Waals surface area contributed by atoms with Crippen molar-refractivity contribution in [3.05, 3.63) is 52.0 Å². The fourth-order valence-corrected chi connectivity index (χ4v) is 2.64. The summed E-state index contributed by atoms with van der Waals surface area (Å²) in [6.07, 6.45) is 1.77. The molecule has 0 bridgehead atoms. The number of carboxylic acids is 1. The van der Waals surface area contributed by atoms with Crippen LogP contribution in [0, 0.1) is 0 Å². The van der Waals surface area contributed by atoms with Gasteiger partial charge in [0.15, 0.2) is 0 Å². The first kappa shape index (κ1) is 13.7. The Hall–Kier alpha value is -1.72. The third-order valence-electron chi connectivity index (χ3n) is 2.89. The number of rotatable bonds is 6. The van der Waals surface area contributed by atoms with Gasteiger partial charge in [0, 0.05) is 19.3 Å². The molecule has 100 valence electrons. The van der Waals surface area contributed by atoms with Gasteiger partial charge in [0.2, 0.25) is 0 Å². The van der Waals surface area contributed by atoms with Crippen molar-refractivity contribution in [2.24, 2.45) is 0 Å². The van der Waals surface area contributed by atoms with Crippen LogP contribution in [0.3, 0.4) is 0 Å². The van der Waals surface area contributed by atoms with Gasteiger partial charge in [0.05, 0.1) is 5.69 Å². The molecule has 0 saturated heterocycles. The van der Waals surface area contributed by atoms with E-state index in [0.717, 1.165) is 24.3 Å². The Morgan fingerprint density at radius 2 is 2.21 bits per heavy atom. The predicted octanol–water partition coefficient (Wildman–Crippen LogP) is 2.86. The first-order chi connectivity index (χ1) is 9.20. The van der Waals surface area contributed by atoms with Crippen LogP contribution in [-0.2, 0) is 13.1 Å². The summed E-state index contributed by atoms with van der Waals surface area (Å²) >= 11 is 1.27. The molecular formula is C14H16N2O2S. The normalized spacial score (nSPS) is 10.8. The van der Waals surface area contributed by atoms with Crippen molar-refractivity contribution >= 4 is 17.3 Å². The maximum absolute atomic E-state index is 11.1. The second-order valence-corrected chi connectivity index (χ2v) is 5.12. The molecule has 0 saturated carbocycles. The lowest BCUT2D eigenvalue weighted by Gasteiger charge is -2.19. The quantitative estimate of drug-likeness (QED) is 0.881. The number of thiophene rings is 1. The van der Waals surface area contributed by atoms with Crippen molar-refractivity contribution in [1.29, 1.82) is 0 Å². The molecule has 2 aromatic rings. The summed E-state index contributed by atoms with van der Waals surface area (Å²) in [5, 5.41) is 10.9. The summed E-state index contributed by atoms with van der Waals surface area (Å²) in [6.45, 7) is 4.28. The van der Waals surface area contributed by atoms with Crippen molar-refractivity contribution < 1.29 is 9.90 Å². The van der Waals surface area contributed by atoms with Gasteiger partial charge in [-0.05, 0) is 35.7 Å². The average molecular weight is 276 g/mol. The van der Waals surface area contributed by atoms with Crippen LogP contribution in [0.1, 0.15) is 27.9 Å². The van der Waals surface area contributed by atoms with Gasteiger partial charge in [-0.3, -0.25) is 9.88 Å². The summed E-state index contributed by atoms with van der Waals surface area (Å²) in [5.74, 6) is -0.848. The molecule has 0 aromatic carbocycles. The molecule has 0 aliphatic heterocycles. The molecule has 0 fully saturated rings. The molecule has 0 amide bonds. The van der Waals surface area contributed by atoms with Gasteiger partial charge in [0.1, 0.15) is 4.88 Å². The highest BCUT2D eigenvalue weighted by atomic mass is 32.1. The standard InChI is InChI=1S/C14H16N2O2S/c1-2-16(10-12-5-3-4-7-15-12)9-11-6-8-19-13(11)14(17)18/h3-8H,2,9-10H2,1H3,(H,17,18). The van der Waals surface area contributed by atoms with E-state index in [2.05, 4.69) is 16.8 Å². The van der Waals surface area contributed by atoms with Gasteiger partial charge < -0.3 is 5.11 Å². The van der Waals surface area contributed by atoms with E-state index in [4.69, 9.17) is 5.11 Å². The second-order valence-electron chi connectivity index (χ2n) is 4.20. The van der Waals surface area contributed by atoms with Crippen LogP contribution < -0.4 is 0 Å². The summed E-state index contributed by atoms with van der Waals surface area (Å²) in [4.78, 5) is 18.0. The van der Waals surface area contributed by atoms with Crippen LogP contribution >= 0.6 is 11.3 Å². The molecule has 0 atom stereocenters. The van der Waals surface area contributed by atoms with Gasteiger partial charge in [-0.15, -0.1) is 11.3 Å². The second kappa shape index (κ2) is 6.45. The maximum atomic E-state index is 11.1. The van der Waals surface area contributed by atoms with Crippen LogP contribution in [0.5, 0.6) is 0 Å². The summed E-state index contributed by atoms with van der Waals surface area (Å²) < 4.78 is 0. The molecule has 1 N–H and O–H groups in total. The lowest BCUT2D eigenvalue weighted by molar-refractivity contribution is 0.0700. The zero-order chi connectivity index (χ0) is 13.7. The number of hydrogen-bond donors (Lipinski definition) is 1. The van der Waals surface area contributed by atoms with E-state index in [1.54, 1.807) is 6.20 Å². The first-order valence-electron chi connectivity index (χ1n) is 6.12. The molecule has 0 spiro atoms. The Morgan fingerprint density at radius 1 is 1.37 bits per heavy atom. The Labute approximate surface area is 116 Å². The Kier molecular flexibility index (Phi) is 4.65. The summed E-state index contributed by atoms with van der Waals surface area (Å²) in [7, 11) is 0. The zero-order valence-corrected chi connectivity index (χ0v) is 11.6. The Morgan fingerprint density at radius 3 is 2.84 bits per heavy atom. The number of aromatic carboxylic acids is 1. The average Bonchev–Trinajstić information content (AvgIpc) is 2.87. The lowest BCUT2D eigenvalue weighted by atomic mass is 10.2. The highest BCUT2D eigenvalue weighted by Gasteiger charge is 2.14. The fourth-order valence-electron chi connectivity index (χ4n) is 1.89. The molecule has 0 aliphatic carbocycles. The number of carbonyl (C=O) groups is 1. The van der Waals surface area contributed by atoms with Gasteiger partial charge in [0.25, 0.3) is 0 Å². The van der Waals surface area contributed by atoms with Crippen LogP contribution in [0.15, 0.2) is 35.8 Å². The number of pyridine rings is 1. The van der Waals surface area contributed by atoms with E-state index in [9.17, 15) is 4.79 Å². The molecule has 2 rings (SSSR count). The monoisotopic (exact) mass is 276 g/mol. The maximum Gasteiger partial charge on any atom is 0.346 e. The molecule has 0 aliphatic rings. The zero-order valence-electron chi connectivity index (χ0n) is 10.7. The number of hydrogen-bond acceptors (Lipinski definition) is 4. The minimum atomic E-state index is -0.848. The molecule has 5 heteroatoms. The smallest absolute Gasteiger partial charge is 0.346 e. The molecule has 0 radical (unpaired) electrons. The van der Waals surface area contributed by atoms with E-state index in [1.807, 2.05) is 29.6 Å². The molecule has 2 aromatic heterocycles. The van der Waals surface area contributed by atoms with Crippen molar-refractivity contribution in [2.45, 2.75) is 20.0 Å². The topological polar surface area (TPSA) is 53.4 Å². The van der Waals surface area contributed by atoms with Gasteiger partial charge >= 0.3 is 5.97 Å². The van der Waals surface area contributed by atoms with E-state index in [-0.39, 0.29) is 0 Å². The van der Waals surface area contributed by atoms with Gasteiger partial charge in [-0.2, -0.15) is 0 Å². The SMILES string of the molecule is CCN(Cc1ccccn1)Cc1ccsc1C(=O)O. The third-order valence-corrected chi connectivity index (χ3v) is 3.84. The minimum Gasteiger partial charge on any atom is -0.477 e. The summed E-state index contributed by atoms with van der Waals surface area (Å²) in [5.41, 5.74) is 1.87. The molecule has 0 unspecified atom stereocenters. The number of aromatic nitrogens is 1. The summed E-state index contributed by atoms with van der Waals surface area (Å²) in [6, 6.07) is 7.72. The van der Waals surface area contributed by atoms with E-state index in [0.29, 0.717) is 11.4 Å². The van der Waals surface area contributed by atoms with Crippen LogP contribution in [-0.4, -0.2) is 27.5 Å². The van der Waals surface area contributed by atoms with Crippen molar-refractivity contribution in [2.75, 3.05) is 6.54 Å². The third kappa shape index (κ3) is 3.62. The highest BCUT2D eigenvalue weighted by Crippen LogP contribution is 2.19. The van der Waals surface area contributed by atoms with E-state index in [1.165, 1.54) is 11.3 Å². The fraction of sp³-hybridized carbons (Fsp3) is 0.286. The highest BCUT2D eigenvalue weighted by molar-refractivity contribution is 7.12. The number of carboxylic acid groups (broad SMARTS) is 1. The van der Waals surface area contributed by atoms with Crippen LogP contribution in [0.2, 0.25) is 0 Å². The van der Waals surface area contributed by atoms with Crippen molar-refractivity contribution in [3.63, 3.8) is 0 Å².